The molecule has 6 aromatic carbocycles. The van der Waals surface area contributed by atoms with Gasteiger partial charge in [-0.3, -0.25) is 67.1 Å². The number of carbonyl (C=O) groups excluding carboxylic acids is 13. The SMILES string of the molecule is C[C@@H](O)[C@@H]1NC(=O)[C@H](CCCCN)CC(=O)[C@@H](Cc2c[nH]c3ccccc23)NC(=O)[C@H](Cc2ccc(O)cc2)CC(=O)[C@H](CCC(=O)O)N(C)C(=O)[C@H](Cc2ccccc2)NC1=O.C[C@@H](O)[C@@H]1NC(=O)[C@H](CCCCN)CC(=O)[C@@H](Cc2c[nH]c3ccccc23)NC(=O)[C@H](Cc2ccc(O)cc2)CC(=O)[C@H](CCCCNC(=O)CCS)N(C)C(=O)[C@H](Cc2ccccc2)NC1=O. The molecule has 0 spiro atoms. The number of nitrogens with zero attached hydrogens (tertiary/aromatic N) is 2. The molecule has 10 rings (SSSR count). The lowest BCUT2D eigenvalue weighted by molar-refractivity contribution is -0.144. The van der Waals surface area contributed by atoms with Crippen molar-refractivity contribution in [3.8, 4) is 11.5 Å². The molecule has 9 amide bonds. The standard InChI is InChI=1S/C51H67N7O9S.C47H58N6O10/c1-32(59)47-50(66)56-42(27-33-12-4-3-5-13-33)51(67)58(2)43(17-9-11-24-53-46(63)22-25-68)45(62)30-36(26-34-18-20-38(60)21-19-34)49(65)55-41(28-37-31-54-40-16-7-6-15-39(37)40)44(61)29-35(48(64)57-47)14-8-10-23-52;1-28(54)43-46(62)51-38(23-29-10-4-3-5-11-29)47(63)53(2)39(19-20-42(58)59)41(57)26-32(22-30-15-17-34(55)18-16-30)45(61)50-37(24-33-27-49-36-14-7-6-13-35(33)36)40(56)25-31(44(60)52-43)12-8-9-21-48/h3-7,12-13,15-16,18-21,31-32,35-36,41-43,47,54,59-60,68H,8-11,14,17,22-30,52H2,1-2H3,(H,53,63)(H,55,65)(H,56,66)(H,57,64);3-7,10-11,13-18,27-28,31-32,37-39,43,49,54-55H,8-9,12,19-26,48H2,1-2H3,(H,50,61)(H,51,62)(H,52,60)(H,58,59)/t32-,35-,36-,41-,42+,43+,47+;28-,31-,32-,37-,38+,39+,43+/m11/s1. The number of aliphatic carboxylic acids is 1. The lowest BCUT2D eigenvalue weighted by atomic mass is 9.87. The Morgan fingerprint density at radius 3 is 1.16 bits per heavy atom. The van der Waals surface area contributed by atoms with Crippen LogP contribution in [-0.2, 0) is 106 Å². The molecule has 33 heteroatoms. The number of aromatic nitrogens is 2. The summed E-state index contributed by atoms with van der Waals surface area (Å²) < 4.78 is 0. The molecule has 2 fully saturated rings. The average molecular weight is 1820 g/mol. The zero-order chi connectivity index (χ0) is 94.8. The van der Waals surface area contributed by atoms with Crippen molar-refractivity contribution in [3.63, 3.8) is 0 Å². The van der Waals surface area contributed by atoms with Gasteiger partial charge >= 0.3 is 5.97 Å². The summed E-state index contributed by atoms with van der Waals surface area (Å²) in [4.78, 5) is 207. The number of Topliss-reactive ketones (excluding diaryl/α,β-unsaturated/α-hetero) is 4. The number of aromatic amines is 2. The number of likely N-dealkylation sites (N-methyl/N-ethyl adjacent to an activating group) is 2. The lowest BCUT2D eigenvalue weighted by Crippen LogP contribution is -2.59. The second kappa shape index (κ2) is 51.2. The van der Waals surface area contributed by atoms with Crippen LogP contribution in [0, 0.1) is 23.7 Å². The van der Waals surface area contributed by atoms with E-state index in [4.69, 9.17) is 11.5 Å². The van der Waals surface area contributed by atoms with E-state index in [9.17, 15) is 92.7 Å². The van der Waals surface area contributed by atoms with Crippen molar-refractivity contribution in [2.24, 2.45) is 35.1 Å². The van der Waals surface area contributed by atoms with Crippen LogP contribution in [0.2, 0.25) is 0 Å². The molecule has 18 N–H and O–H groups in total. The van der Waals surface area contributed by atoms with Gasteiger partial charge in [0.25, 0.3) is 0 Å². The number of fused-ring (bicyclic) bond motifs is 2. The molecule has 2 saturated heterocycles. The van der Waals surface area contributed by atoms with Crippen molar-refractivity contribution in [2.45, 2.75) is 216 Å². The molecule has 0 saturated carbocycles. The Balaban J connectivity index is 0.000000296. The van der Waals surface area contributed by atoms with Gasteiger partial charge in [-0.25, -0.2) is 0 Å². The van der Waals surface area contributed by atoms with E-state index in [0.29, 0.717) is 91.7 Å². The number of nitrogens with one attached hydrogen (secondary N) is 9. The minimum atomic E-state index is -1.58. The summed E-state index contributed by atoms with van der Waals surface area (Å²) in [5.74, 6) is -13.1. The Morgan fingerprint density at radius 1 is 0.412 bits per heavy atom. The number of H-pyrrole nitrogens is 2. The third-order valence-electron chi connectivity index (χ3n) is 24.2. The number of hydrogen-bond donors (Lipinski definition) is 17. The zero-order valence-electron chi connectivity index (χ0n) is 74.6. The van der Waals surface area contributed by atoms with E-state index in [2.05, 4.69) is 59.8 Å². The Bertz CT molecular complexity index is 5190. The van der Waals surface area contributed by atoms with E-state index in [-0.39, 0.29) is 107 Å². The number of phenolic OH excluding ortho intramolecular Hbond substituents is 2. The van der Waals surface area contributed by atoms with Gasteiger partial charge in [0.05, 0.1) is 36.4 Å². The van der Waals surface area contributed by atoms with E-state index < -0.39 is 173 Å². The number of hydrogen-bond acceptors (Lipinski definition) is 21. The largest absolute Gasteiger partial charge is 0.508 e. The molecule has 2 aromatic heterocycles. The van der Waals surface area contributed by atoms with Gasteiger partial charge in [-0.15, -0.1) is 0 Å². The second-order valence-electron chi connectivity index (χ2n) is 34.2. The van der Waals surface area contributed by atoms with Gasteiger partial charge in [0, 0.05) is 143 Å². The summed E-state index contributed by atoms with van der Waals surface area (Å²) in [6.07, 6.45) is 1.82. The number of carboxylic acids is 1. The Labute approximate surface area is 767 Å². The number of aromatic hydroxyl groups is 2. The van der Waals surface area contributed by atoms with Gasteiger partial charge in [0.1, 0.15) is 35.7 Å². The normalized spacial score (nSPS) is 22.3. The van der Waals surface area contributed by atoms with Crippen LogP contribution in [0.15, 0.2) is 170 Å². The van der Waals surface area contributed by atoms with Gasteiger partial charge in [-0.1, -0.05) is 134 Å². The fourth-order valence-corrected chi connectivity index (χ4v) is 17.0. The smallest absolute Gasteiger partial charge is 0.303 e. The number of carboxylic acid groups (broad SMARTS) is 1. The summed E-state index contributed by atoms with van der Waals surface area (Å²) in [5.41, 5.74) is 17.2. The summed E-state index contributed by atoms with van der Waals surface area (Å²) >= 11 is 4.12. The van der Waals surface area contributed by atoms with Crippen LogP contribution in [0.1, 0.15) is 150 Å². The number of para-hydroxylation sites is 2. The minimum Gasteiger partial charge on any atom is -0.508 e. The van der Waals surface area contributed by atoms with Gasteiger partial charge in [0.15, 0.2) is 23.1 Å². The molecule has 131 heavy (non-hydrogen) atoms. The molecule has 702 valence electrons. The Morgan fingerprint density at radius 2 is 0.771 bits per heavy atom. The fourth-order valence-electron chi connectivity index (χ4n) is 16.8. The molecule has 8 aromatic rings. The second-order valence-corrected chi connectivity index (χ2v) is 34.6. The number of unbranched alkanes of at least 4 members (excludes halogenated alkanes) is 3. The number of ketones is 4. The molecule has 14 atom stereocenters. The number of amides is 9. The first-order valence-corrected chi connectivity index (χ1v) is 45.5. The Hall–Kier alpha value is -12.4. The van der Waals surface area contributed by atoms with Crippen molar-refractivity contribution in [1.82, 2.24) is 57.0 Å². The first kappa shape index (κ1) is 102. The van der Waals surface area contributed by atoms with Gasteiger partial charge in [-0.05, 0) is 167 Å². The molecular weight excluding hydrogens is 1700 g/mol. The first-order chi connectivity index (χ1) is 62.8. The maximum atomic E-state index is 14.9. The van der Waals surface area contributed by atoms with E-state index >= 15 is 0 Å². The van der Waals surface area contributed by atoms with E-state index in [1.165, 1.54) is 57.1 Å². The first-order valence-electron chi connectivity index (χ1n) is 44.9. The number of thiol groups is 1. The highest BCUT2D eigenvalue weighted by Gasteiger charge is 2.43. The summed E-state index contributed by atoms with van der Waals surface area (Å²) in [6.45, 7) is 3.61. The van der Waals surface area contributed by atoms with Crippen molar-refractivity contribution < 1.29 is 92.7 Å². The van der Waals surface area contributed by atoms with Crippen LogP contribution >= 0.6 is 12.6 Å². The number of phenols is 2. The molecular formula is C98H125N13O19S. The van der Waals surface area contributed by atoms with Crippen LogP contribution in [-0.4, -0.2) is 228 Å². The third kappa shape index (κ3) is 30.9. The monoisotopic (exact) mass is 1820 g/mol. The Kier molecular flexibility index (Phi) is 40.0. The average Bonchev–Trinajstić information content (AvgIpc) is 1.04. The van der Waals surface area contributed by atoms with E-state index in [0.717, 1.165) is 32.3 Å². The summed E-state index contributed by atoms with van der Waals surface area (Å²) in [5, 5.41) is 72.8. The molecule has 32 nitrogen and oxygen atoms in total. The van der Waals surface area contributed by atoms with Gasteiger partial charge < -0.3 is 94.0 Å². The number of aliphatic hydroxyl groups is 2. The highest BCUT2D eigenvalue weighted by Crippen LogP contribution is 2.30. The van der Waals surface area contributed by atoms with E-state index in [1.807, 2.05) is 48.5 Å². The summed E-state index contributed by atoms with van der Waals surface area (Å²) in [6, 6.07) is 34.2. The van der Waals surface area contributed by atoms with Crippen molar-refractivity contribution in [1.29, 1.82) is 0 Å². The third-order valence-corrected chi connectivity index (χ3v) is 24.4. The quantitative estimate of drug-likeness (QED) is 0.0165. The number of nitrogens with two attached hydrogens (primary N) is 2. The van der Waals surface area contributed by atoms with Crippen LogP contribution in [0.4, 0.5) is 0 Å². The van der Waals surface area contributed by atoms with Gasteiger partial charge in [0.2, 0.25) is 53.2 Å². The molecule has 0 unspecified atom stereocenters. The van der Waals surface area contributed by atoms with Gasteiger partial charge in [-0.2, -0.15) is 12.6 Å². The maximum absolute atomic E-state index is 14.9. The number of benzene rings is 6. The molecule has 4 heterocycles. The molecule has 2 aliphatic heterocycles. The zero-order valence-corrected chi connectivity index (χ0v) is 75.5. The fraction of sp³-hybridized carbons (Fsp3) is 0.449. The van der Waals surface area contributed by atoms with Crippen molar-refractivity contribution in [2.75, 3.05) is 39.5 Å². The highest BCUT2D eigenvalue weighted by atomic mass is 32.1. The van der Waals surface area contributed by atoms with Crippen molar-refractivity contribution >= 4 is 117 Å². The molecule has 0 radical (unpaired) electrons. The van der Waals surface area contributed by atoms with Crippen LogP contribution in [0.5, 0.6) is 11.5 Å². The maximum Gasteiger partial charge on any atom is 0.303 e. The van der Waals surface area contributed by atoms with Crippen LogP contribution in [0.25, 0.3) is 21.8 Å². The number of aliphatic hydroxyl groups excluding tert-OH is 2. The highest BCUT2D eigenvalue weighted by molar-refractivity contribution is 7.80. The number of carbonyl (C=O) groups is 14. The predicted octanol–water partition coefficient (Wildman–Crippen LogP) is 6.19. The predicted molar refractivity (Wildman–Crippen MR) is 496 cm³/mol. The van der Waals surface area contributed by atoms with Crippen molar-refractivity contribution in [3.05, 3.63) is 203 Å². The van der Waals surface area contributed by atoms with Crippen LogP contribution in [0.3, 0.4) is 0 Å². The molecule has 0 bridgehead atoms. The summed E-state index contributed by atoms with van der Waals surface area (Å²) in [7, 11) is 2.78. The lowest BCUT2D eigenvalue weighted by Gasteiger charge is -2.33. The van der Waals surface area contributed by atoms with E-state index in [1.54, 1.807) is 97.3 Å². The minimum absolute atomic E-state index is 0.00554. The number of rotatable bonds is 32. The van der Waals surface area contributed by atoms with Crippen LogP contribution < -0.4 is 48.7 Å². The topological polar surface area (TPSA) is 514 Å². The molecule has 2 aliphatic rings. The molecule has 0 aliphatic carbocycles.